The lowest BCUT2D eigenvalue weighted by Crippen LogP contribution is -2.31. The van der Waals surface area contributed by atoms with Crippen LogP contribution in [0.2, 0.25) is 0 Å². The summed E-state index contributed by atoms with van der Waals surface area (Å²) in [5.74, 6) is -0.882. The highest BCUT2D eigenvalue weighted by atomic mass is 32.1. The number of thiazole rings is 1. The summed E-state index contributed by atoms with van der Waals surface area (Å²) in [6, 6.07) is 0. The highest BCUT2D eigenvalue weighted by Gasteiger charge is 2.40. The maximum atomic E-state index is 11.2. The standard InChI is InChI=1S/C12H17N3O3S/c1-8(16)13-11-14-9(6-19-11)5-15-4-3-12(2,7-15)10(17)18/h6H,3-5,7H2,1-2H3,(H,17,18)(H,13,14,16). The number of hydrogen-bond donors (Lipinski definition) is 2. The van der Waals surface area contributed by atoms with E-state index in [-0.39, 0.29) is 5.91 Å². The van der Waals surface area contributed by atoms with E-state index in [4.69, 9.17) is 0 Å². The van der Waals surface area contributed by atoms with Crippen LogP contribution < -0.4 is 5.32 Å². The number of aliphatic carboxylic acids is 1. The molecule has 0 spiro atoms. The smallest absolute Gasteiger partial charge is 0.310 e. The molecule has 1 aromatic rings. The molecule has 0 radical (unpaired) electrons. The van der Waals surface area contributed by atoms with Crippen LogP contribution in [-0.2, 0) is 16.1 Å². The molecular formula is C12H17N3O3S. The number of nitrogens with zero attached hydrogens (tertiary/aromatic N) is 2. The Labute approximate surface area is 115 Å². The Balaban J connectivity index is 1.94. The van der Waals surface area contributed by atoms with Crippen molar-refractivity contribution in [2.75, 3.05) is 18.4 Å². The van der Waals surface area contributed by atoms with Gasteiger partial charge in [0.25, 0.3) is 0 Å². The molecule has 6 nitrogen and oxygen atoms in total. The summed E-state index contributed by atoms with van der Waals surface area (Å²) in [4.78, 5) is 28.5. The van der Waals surface area contributed by atoms with Crippen molar-refractivity contribution < 1.29 is 14.7 Å². The number of nitrogens with one attached hydrogen (secondary N) is 1. The molecule has 0 saturated carbocycles. The van der Waals surface area contributed by atoms with Gasteiger partial charge in [0.15, 0.2) is 5.13 Å². The minimum absolute atomic E-state index is 0.138. The molecule has 1 saturated heterocycles. The second-order valence-electron chi connectivity index (χ2n) is 5.15. The summed E-state index contributed by atoms with van der Waals surface area (Å²) in [6.45, 7) is 5.14. The topological polar surface area (TPSA) is 82.5 Å². The van der Waals surface area contributed by atoms with Crippen LogP contribution in [0.4, 0.5) is 5.13 Å². The number of carboxylic acids is 1. The molecule has 7 heteroatoms. The molecule has 1 aliphatic rings. The number of likely N-dealkylation sites (tertiary alicyclic amines) is 1. The molecule has 2 rings (SSSR count). The highest BCUT2D eigenvalue weighted by Crippen LogP contribution is 2.31. The predicted octanol–water partition coefficient (Wildman–Crippen LogP) is 1.40. The van der Waals surface area contributed by atoms with Gasteiger partial charge in [-0.05, 0) is 19.9 Å². The zero-order chi connectivity index (χ0) is 14.0. The van der Waals surface area contributed by atoms with Gasteiger partial charge in [-0.3, -0.25) is 14.5 Å². The quantitative estimate of drug-likeness (QED) is 0.872. The van der Waals surface area contributed by atoms with Gasteiger partial charge in [-0.15, -0.1) is 11.3 Å². The van der Waals surface area contributed by atoms with Crippen LogP contribution in [0.15, 0.2) is 5.38 Å². The number of rotatable bonds is 4. The molecule has 2 heterocycles. The lowest BCUT2D eigenvalue weighted by atomic mass is 9.90. The van der Waals surface area contributed by atoms with E-state index in [9.17, 15) is 14.7 Å². The van der Waals surface area contributed by atoms with Crippen LogP contribution in [0.5, 0.6) is 0 Å². The molecule has 1 aromatic heterocycles. The van der Waals surface area contributed by atoms with Crippen molar-refractivity contribution in [2.24, 2.45) is 5.41 Å². The maximum Gasteiger partial charge on any atom is 0.310 e. The van der Waals surface area contributed by atoms with Crippen molar-refractivity contribution in [3.05, 3.63) is 11.1 Å². The minimum atomic E-state index is -0.743. The van der Waals surface area contributed by atoms with E-state index in [2.05, 4.69) is 15.2 Å². The van der Waals surface area contributed by atoms with Crippen molar-refractivity contribution in [1.82, 2.24) is 9.88 Å². The van der Waals surface area contributed by atoms with Crippen LogP contribution in [0, 0.1) is 5.41 Å². The normalized spacial score (nSPS) is 23.5. The van der Waals surface area contributed by atoms with Gasteiger partial charge in [0.1, 0.15) is 0 Å². The highest BCUT2D eigenvalue weighted by molar-refractivity contribution is 7.13. The van der Waals surface area contributed by atoms with E-state index in [0.717, 1.165) is 12.2 Å². The molecule has 19 heavy (non-hydrogen) atoms. The Morgan fingerprint density at radius 1 is 1.63 bits per heavy atom. The Bertz CT molecular complexity index is 502. The maximum absolute atomic E-state index is 11.2. The monoisotopic (exact) mass is 283 g/mol. The van der Waals surface area contributed by atoms with Crippen molar-refractivity contribution in [3.8, 4) is 0 Å². The van der Waals surface area contributed by atoms with Crippen LogP contribution in [0.1, 0.15) is 26.0 Å². The predicted molar refractivity (Wildman–Crippen MR) is 72.1 cm³/mol. The number of amides is 1. The van der Waals surface area contributed by atoms with Gasteiger partial charge in [0, 0.05) is 25.4 Å². The number of carbonyl (C=O) groups excluding carboxylic acids is 1. The Morgan fingerprint density at radius 2 is 2.37 bits per heavy atom. The van der Waals surface area contributed by atoms with E-state index >= 15 is 0 Å². The molecule has 104 valence electrons. The molecule has 1 aliphatic heterocycles. The van der Waals surface area contributed by atoms with Gasteiger partial charge in [-0.2, -0.15) is 0 Å². The first kappa shape index (κ1) is 14.0. The zero-order valence-corrected chi connectivity index (χ0v) is 11.8. The lowest BCUT2D eigenvalue weighted by molar-refractivity contribution is -0.147. The van der Waals surface area contributed by atoms with E-state index in [1.54, 1.807) is 6.92 Å². The fraction of sp³-hybridized carbons (Fsp3) is 0.583. The van der Waals surface area contributed by atoms with Crippen molar-refractivity contribution >= 4 is 28.3 Å². The summed E-state index contributed by atoms with van der Waals surface area (Å²) in [7, 11) is 0. The van der Waals surface area contributed by atoms with Crippen LogP contribution >= 0.6 is 11.3 Å². The average molecular weight is 283 g/mol. The van der Waals surface area contributed by atoms with Gasteiger partial charge in [-0.1, -0.05) is 0 Å². The number of anilines is 1. The van der Waals surface area contributed by atoms with Crippen molar-refractivity contribution in [3.63, 3.8) is 0 Å². The molecule has 0 aliphatic carbocycles. The molecule has 2 N–H and O–H groups in total. The summed E-state index contributed by atoms with van der Waals surface area (Å²) >= 11 is 1.38. The van der Waals surface area contributed by atoms with Crippen molar-refractivity contribution in [2.45, 2.75) is 26.8 Å². The zero-order valence-electron chi connectivity index (χ0n) is 11.0. The number of hydrogen-bond acceptors (Lipinski definition) is 5. The molecular weight excluding hydrogens is 266 g/mol. The van der Waals surface area contributed by atoms with E-state index in [1.807, 2.05) is 5.38 Å². The Morgan fingerprint density at radius 3 is 2.95 bits per heavy atom. The number of carbonyl (C=O) groups is 2. The van der Waals surface area contributed by atoms with Gasteiger partial charge in [-0.25, -0.2) is 4.98 Å². The third-order valence-electron chi connectivity index (χ3n) is 3.29. The number of carboxylic acid groups (broad SMARTS) is 1. The fourth-order valence-corrected chi connectivity index (χ4v) is 2.93. The summed E-state index contributed by atoms with van der Waals surface area (Å²) in [5, 5.41) is 14.3. The van der Waals surface area contributed by atoms with Crippen LogP contribution in [0.25, 0.3) is 0 Å². The van der Waals surface area contributed by atoms with Crippen LogP contribution in [-0.4, -0.2) is 40.0 Å². The fourth-order valence-electron chi connectivity index (χ4n) is 2.18. The third-order valence-corrected chi connectivity index (χ3v) is 4.10. The van der Waals surface area contributed by atoms with Crippen molar-refractivity contribution in [1.29, 1.82) is 0 Å². The van der Waals surface area contributed by atoms with Gasteiger partial charge in [0.2, 0.25) is 5.91 Å². The molecule has 1 amide bonds. The Hall–Kier alpha value is -1.47. The Kier molecular flexibility index (Phi) is 3.86. The third kappa shape index (κ3) is 3.30. The number of aromatic nitrogens is 1. The molecule has 0 aromatic carbocycles. The molecule has 1 fully saturated rings. The lowest BCUT2D eigenvalue weighted by Gasteiger charge is -2.19. The van der Waals surface area contributed by atoms with E-state index in [1.165, 1.54) is 18.3 Å². The first-order valence-corrected chi connectivity index (χ1v) is 6.95. The average Bonchev–Trinajstić information content (AvgIpc) is 2.87. The second kappa shape index (κ2) is 5.26. The van der Waals surface area contributed by atoms with Crippen LogP contribution in [0.3, 0.4) is 0 Å². The molecule has 1 unspecified atom stereocenters. The molecule has 1 atom stereocenters. The van der Waals surface area contributed by atoms with Gasteiger partial charge in [0.05, 0.1) is 11.1 Å². The van der Waals surface area contributed by atoms with E-state index in [0.29, 0.717) is 24.6 Å². The SMILES string of the molecule is CC(=O)Nc1nc(CN2CCC(C)(C(=O)O)C2)cs1. The summed E-state index contributed by atoms with van der Waals surface area (Å²) < 4.78 is 0. The first-order chi connectivity index (χ1) is 8.89. The van der Waals surface area contributed by atoms with Gasteiger partial charge >= 0.3 is 5.97 Å². The first-order valence-electron chi connectivity index (χ1n) is 6.07. The molecule has 0 bridgehead atoms. The van der Waals surface area contributed by atoms with Gasteiger partial charge < -0.3 is 10.4 Å². The minimum Gasteiger partial charge on any atom is -0.481 e. The summed E-state index contributed by atoms with van der Waals surface area (Å²) in [5.41, 5.74) is 0.208. The summed E-state index contributed by atoms with van der Waals surface area (Å²) in [6.07, 6.45) is 0.658. The second-order valence-corrected chi connectivity index (χ2v) is 6.01. The van der Waals surface area contributed by atoms with E-state index < -0.39 is 11.4 Å². The largest absolute Gasteiger partial charge is 0.481 e.